The van der Waals surface area contributed by atoms with E-state index in [1.807, 2.05) is 12.1 Å². The number of anilines is 1. The van der Waals surface area contributed by atoms with Crippen molar-refractivity contribution in [1.29, 1.82) is 0 Å². The highest BCUT2D eigenvalue weighted by molar-refractivity contribution is 5.52. The molecular weight excluding hydrogens is 192 g/mol. The summed E-state index contributed by atoms with van der Waals surface area (Å²) in [7, 11) is 2.05. The van der Waals surface area contributed by atoms with Gasteiger partial charge in [-0.1, -0.05) is 0 Å². The molecule has 0 fully saturated rings. The molecule has 82 valence electrons. The minimum absolute atomic E-state index is 0.663. The summed E-state index contributed by atoms with van der Waals surface area (Å²) in [6.45, 7) is 3.15. The Balaban J connectivity index is 2.18. The van der Waals surface area contributed by atoms with E-state index in [1.165, 1.54) is 0 Å². The molecule has 0 aliphatic carbocycles. The second-order valence-corrected chi connectivity index (χ2v) is 3.71. The Labute approximate surface area is 89.6 Å². The van der Waals surface area contributed by atoms with Crippen LogP contribution in [0.3, 0.4) is 0 Å². The SMILES string of the molecule is CN1CCOc2ccc(N)cc2OCC1. The maximum atomic E-state index is 5.69. The number of nitrogens with zero attached hydrogens (tertiary/aromatic N) is 1. The zero-order valence-corrected chi connectivity index (χ0v) is 8.90. The summed E-state index contributed by atoms with van der Waals surface area (Å²) in [6, 6.07) is 5.49. The molecule has 2 rings (SSSR count). The molecule has 1 aliphatic heterocycles. The van der Waals surface area contributed by atoms with Gasteiger partial charge in [-0.15, -0.1) is 0 Å². The van der Waals surface area contributed by atoms with E-state index >= 15 is 0 Å². The molecule has 1 aromatic carbocycles. The van der Waals surface area contributed by atoms with Gasteiger partial charge in [-0.3, -0.25) is 4.90 Å². The van der Waals surface area contributed by atoms with Gasteiger partial charge < -0.3 is 15.2 Å². The van der Waals surface area contributed by atoms with Gasteiger partial charge in [-0.05, 0) is 19.2 Å². The molecule has 2 N–H and O–H groups in total. The van der Waals surface area contributed by atoms with Crippen molar-refractivity contribution >= 4 is 5.69 Å². The Bertz CT molecular complexity index is 341. The van der Waals surface area contributed by atoms with Crippen molar-refractivity contribution in [2.45, 2.75) is 0 Å². The number of nitrogen functional groups attached to an aromatic ring is 1. The summed E-state index contributed by atoms with van der Waals surface area (Å²) in [5.41, 5.74) is 6.39. The summed E-state index contributed by atoms with van der Waals surface area (Å²) < 4.78 is 11.2. The molecule has 1 aromatic rings. The highest BCUT2D eigenvalue weighted by Gasteiger charge is 2.09. The third kappa shape index (κ3) is 2.53. The van der Waals surface area contributed by atoms with Gasteiger partial charge in [0.15, 0.2) is 11.5 Å². The lowest BCUT2D eigenvalue weighted by molar-refractivity contribution is 0.228. The molecule has 1 aliphatic rings. The molecular formula is C11H16N2O2. The van der Waals surface area contributed by atoms with Gasteiger partial charge in [0.2, 0.25) is 0 Å². The van der Waals surface area contributed by atoms with Gasteiger partial charge in [-0.2, -0.15) is 0 Å². The van der Waals surface area contributed by atoms with Crippen molar-refractivity contribution in [3.63, 3.8) is 0 Å². The highest BCUT2D eigenvalue weighted by atomic mass is 16.5. The molecule has 0 saturated carbocycles. The van der Waals surface area contributed by atoms with Crippen LogP contribution >= 0.6 is 0 Å². The standard InChI is InChI=1S/C11H16N2O2/c1-13-4-6-14-10-3-2-9(12)8-11(10)15-7-5-13/h2-3,8H,4-7,12H2,1H3. The lowest BCUT2D eigenvalue weighted by Gasteiger charge is -2.13. The molecule has 4 heteroatoms. The van der Waals surface area contributed by atoms with Crippen LogP contribution in [0.15, 0.2) is 18.2 Å². The first kappa shape index (κ1) is 10.1. The molecule has 0 amide bonds. The number of ether oxygens (including phenoxy) is 2. The summed E-state index contributed by atoms with van der Waals surface area (Å²) >= 11 is 0. The van der Waals surface area contributed by atoms with E-state index in [2.05, 4.69) is 11.9 Å². The van der Waals surface area contributed by atoms with Crippen LogP contribution in [0.5, 0.6) is 11.5 Å². The maximum absolute atomic E-state index is 5.69. The zero-order valence-electron chi connectivity index (χ0n) is 8.90. The fourth-order valence-corrected chi connectivity index (χ4v) is 1.49. The van der Waals surface area contributed by atoms with E-state index in [9.17, 15) is 0 Å². The van der Waals surface area contributed by atoms with Gasteiger partial charge in [-0.25, -0.2) is 0 Å². The largest absolute Gasteiger partial charge is 0.488 e. The number of nitrogens with two attached hydrogens (primary N) is 1. The molecule has 0 unspecified atom stereocenters. The lowest BCUT2D eigenvalue weighted by Crippen LogP contribution is -2.27. The summed E-state index contributed by atoms with van der Waals surface area (Å²) in [4.78, 5) is 2.18. The first-order chi connectivity index (χ1) is 7.25. The molecule has 0 radical (unpaired) electrons. The number of benzene rings is 1. The molecule has 0 saturated heterocycles. The van der Waals surface area contributed by atoms with Crippen LogP contribution in [0.2, 0.25) is 0 Å². The summed E-state index contributed by atoms with van der Waals surface area (Å²) in [5, 5.41) is 0. The maximum Gasteiger partial charge on any atom is 0.163 e. The van der Waals surface area contributed by atoms with E-state index in [-0.39, 0.29) is 0 Å². The molecule has 4 nitrogen and oxygen atoms in total. The number of likely N-dealkylation sites (N-methyl/N-ethyl adjacent to an activating group) is 1. The van der Waals surface area contributed by atoms with Crippen LogP contribution in [0.4, 0.5) is 5.69 Å². The molecule has 0 bridgehead atoms. The van der Waals surface area contributed by atoms with Crippen LogP contribution in [-0.2, 0) is 0 Å². The van der Waals surface area contributed by atoms with Crippen LogP contribution in [0, 0.1) is 0 Å². The molecule has 0 aromatic heterocycles. The van der Waals surface area contributed by atoms with Crippen molar-refractivity contribution in [3.05, 3.63) is 18.2 Å². The Hall–Kier alpha value is -1.42. The first-order valence-electron chi connectivity index (χ1n) is 5.09. The number of hydrogen-bond donors (Lipinski definition) is 1. The smallest absolute Gasteiger partial charge is 0.163 e. The molecule has 1 heterocycles. The Kier molecular flexibility index (Phi) is 2.97. The summed E-state index contributed by atoms with van der Waals surface area (Å²) in [6.07, 6.45) is 0. The predicted molar refractivity (Wildman–Crippen MR) is 59.3 cm³/mol. The number of fused-ring (bicyclic) bond motifs is 1. The van der Waals surface area contributed by atoms with Crippen molar-refractivity contribution in [1.82, 2.24) is 4.90 Å². The number of rotatable bonds is 0. The zero-order chi connectivity index (χ0) is 10.7. The second-order valence-electron chi connectivity index (χ2n) is 3.71. The van der Waals surface area contributed by atoms with Gasteiger partial charge in [0.25, 0.3) is 0 Å². The highest BCUT2D eigenvalue weighted by Crippen LogP contribution is 2.29. The van der Waals surface area contributed by atoms with Crippen molar-refractivity contribution < 1.29 is 9.47 Å². The first-order valence-corrected chi connectivity index (χ1v) is 5.09. The predicted octanol–water partition coefficient (Wildman–Crippen LogP) is 0.972. The number of hydrogen-bond acceptors (Lipinski definition) is 4. The quantitative estimate of drug-likeness (QED) is 0.645. The Morgan fingerprint density at radius 3 is 2.53 bits per heavy atom. The van der Waals surface area contributed by atoms with Gasteiger partial charge in [0, 0.05) is 24.8 Å². The minimum atomic E-state index is 0.663. The van der Waals surface area contributed by atoms with Crippen molar-refractivity contribution in [3.8, 4) is 11.5 Å². The summed E-state index contributed by atoms with van der Waals surface area (Å²) in [5.74, 6) is 1.52. The fraction of sp³-hybridized carbons (Fsp3) is 0.455. The third-order valence-electron chi connectivity index (χ3n) is 2.43. The minimum Gasteiger partial charge on any atom is -0.488 e. The normalized spacial score (nSPS) is 17.7. The van der Waals surface area contributed by atoms with Gasteiger partial charge in [0.1, 0.15) is 13.2 Å². The van der Waals surface area contributed by atoms with E-state index in [4.69, 9.17) is 15.2 Å². The van der Waals surface area contributed by atoms with Crippen LogP contribution in [-0.4, -0.2) is 38.3 Å². The van der Waals surface area contributed by atoms with Gasteiger partial charge >= 0.3 is 0 Å². The average molecular weight is 208 g/mol. The van der Waals surface area contributed by atoms with Crippen molar-refractivity contribution in [2.75, 3.05) is 39.1 Å². The second kappa shape index (κ2) is 4.40. The topological polar surface area (TPSA) is 47.7 Å². The van der Waals surface area contributed by atoms with E-state index < -0.39 is 0 Å². The van der Waals surface area contributed by atoms with Crippen LogP contribution < -0.4 is 15.2 Å². The fourth-order valence-electron chi connectivity index (χ4n) is 1.49. The van der Waals surface area contributed by atoms with Gasteiger partial charge in [0.05, 0.1) is 0 Å². The van der Waals surface area contributed by atoms with E-state index in [0.29, 0.717) is 18.9 Å². The third-order valence-corrected chi connectivity index (χ3v) is 2.43. The van der Waals surface area contributed by atoms with Crippen molar-refractivity contribution in [2.24, 2.45) is 0 Å². The molecule has 0 atom stereocenters. The average Bonchev–Trinajstić information content (AvgIpc) is 2.28. The monoisotopic (exact) mass is 208 g/mol. The lowest BCUT2D eigenvalue weighted by atomic mass is 10.3. The molecule has 0 spiro atoms. The molecule has 15 heavy (non-hydrogen) atoms. The van der Waals surface area contributed by atoms with E-state index in [0.717, 1.165) is 24.6 Å². The van der Waals surface area contributed by atoms with Crippen LogP contribution in [0.1, 0.15) is 0 Å². The Morgan fingerprint density at radius 2 is 1.80 bits per heavy atom. The van der Waals surface area contributed by atoms with Crippen LogP contribution in [0.25, 0.3) is 0 Å². The van der Waals surface area contributed by atoms with E-state index in [1.54, 1.807) is 6.07 Å². The Morgan fingerprint density at radius 1 is 1.13 bits per heavy atom.